The third-order valence-electron chi connectivity index (χ3n) is 2.87. The second kappa shape index (κ2) is 8.78. The number of hydrogen-bond donors (Lipinski definition) is 1. The Morgan fingerprint density at radius 3 is 2.41 bits per heavy atom. The number of benzene rings is 1. The Balaban J connectivity index is 2.08. The number of nitrogens with zero attached hydrogens (tertiary/aromatic N) is 1. The van der Waals surface area contributed by atoms with Crippen LogP contribution in [0.4, 0.5) is 0 Å². The van der Waals surface area contributed by atoms with E-state index in [4.69, 9.17) is 5.26 Å². The molecule has 1 rings (SSSR count). The van der Waals surface area contributed by atoms with E-state index in [9.17, 15) is 0 Å². The van der Waals surface area contributed by atoms with Crippen molar-refractivity contribution in [3.05, 3.63) is 35.4 Å². The lowest BCUT2D eigenvalue weighted by Crippen LogP contribution is -2.14. The molecule has 1 N–H and O–H groups in total. The Morgan fingerprint density at radius 2 is 1.76 bits per heavy atom. The van der Waals surface area contributed by atoms with Gasteiger partial charge in [-0.1, -0.05) is 44.7 Å². The summed E-state index contributed by atoms with van der Waals surface area (Å²) in [6.07, 6.45) is 6.60. The molecule has 1 aromatic carbocycles. The predicted molar refractivity (Wildman–Crippen MR) is 71.6 cm³/mol. The van der Waals surface area contributed by atoms with Crippen LogP contribution < -0.4 is 5.32 Å². The van der Waals surface area contributed by atoms with Crippen LogP contribution in [0.25, 0.3) is 0 Å². The van der Waals surface area contributed by atoms with Crippen LogP contribution in [-0.2, 0) is 6.54 Å². The van der Waals surface area contributed by atoms with Gasteiger partial charge >= 0.3 is 0 Å². The lowest BCUT2D eigenvalue weighted by molar-refractivity contribution is 0.583. The molecule has 0 atom stereocenters. The summed E-state index contributed by atoms with van der Waals surface area (Å²) < 4.78 is 0. The van der Waals surface area contributed by atoms with Gasteiger partial charge in [-0.05, 0) is 30.7 Å². The van der Waals surface area contributed by atoms with Gasteiger partial charge in [0.1, 0.15) is 0 Å². The third-order valence-corrected chi connectivity index (χ3v) is 2.87. The van der Waals surface area contributed by atoms with Crippen molar-refractivity contribution in [2.45, 2.75) is 45.6 Å². The summed E-state index contributed by atoms with van der Waals surface area (Å²) in [5, 5.41) is 12.1. The molecule has 0 fully saturated rings. The highest BCUT2D eigenvalue weighted by Crippen LogP contribution is 2.04. The Labute approximate surface area is 105 Å². The highest BCUT2D eigenvalue weighted by atomic mass is 14.8. The van der Waals surface area contributed by atoms with Gasteiger partial charge in [-0.2, -0.15) is 5.26 Å². The maximum Gasteiger partial charge on any atom is 0.0991 e. The molecular weight excluding hydrogens is 208 g/mol. The maximum absolute atomic E-state index is 8.68. The van der Waals surface area contributed by atoms with Crippen LogP contribution in [0.1, 0.15) is 50.2 Å². The molecule has 92 valence electrons. The molecule has 0 heterocycles. The minimum atomic E-state index is 0.730. The zero-order valence-corrected chi connectivity index (χ0v) is 10.7. The molecule has 2 nitrogen and oxygen atoms in total. The average Bonchev–Trinajstić information content (AvgIpc) is 2.38. The summed E-state index contributed by atoms with van der Waals surface area (Å²) >= 11 is 0. The van der Waals surface area contributed by atoms with Crippen molar-refractivity contribution in [2.75, 3.05) is 6.54 Å². The quantitative estimate of drug-likeness (QED) is 0.692. The molecule has 0 saturated heterocycles. The first kappa shape index (κ1) is 13.7. The van der Waals surface area contributed by atoms with Crippen molar-refractivity contribution in [1.29, 1.82) is 5.26 Å². The molecule has 0 bridgehead atoms. The summed E-state index contributed by atoms with van der Waals surface area (Å²) in [6.45, 7) is 4.23. The van der Waals surface area contributed by atoms with Crippen molar-refractivity contribution < 1.29 is 0 Å². The molecule has 0 radical (unpaired) electrons. The molecule has 0 saturated carbocycles. The summed E-state index contributed by atoms with van der Waals surface area (Å²) in [7, 11) is 0. The summed E-state index contributed by atoms with van der Waals surface area (Å²) in [4.78, 5) is 0. The smallest absolute Gasteiger partial charge is 0.0991 e. The van der Waals surface area contributed by atoms with E-state index in [0.29, 0.717) is 0 Å². The van der Waals surface area contributed by atoms with Gasteiger partial charge in [-0.3, -0.25) is 0 Å². The summed E-state index contributed by atoms with van der Waals surface area (Å²) in [5.74, 6) is 0. The average molecular weight is 230 g/mol. The predicted octanol–water partition coefficient (Wildman–Crippen LogP) is 3.62. The fraction of sp³-hybridized carbons (Fsp3) is 0.533. The molecular formula is C15H22N2. The van der Waals surface area contributed by atoms with E-state index in [1.165, 1.54) is 37.7 Å². The monoisotopic (exact) mass is 230 g/mol. The van der Waals surface area contributed by atoms with Crippen LogP contribution in [0.15, 0.2) is 24.3 Å². The topological polar surface area (TPSA) is 35.8 Å². The van der Waals surface area contributed by atoms with Crippen molar-refractivity contribution in [3.63, 3.8) is 0 Å². The molecule has 0 spiro atoms. The van der Waals surface area contributed by atoms with Gasteiger partial charge in [0.2, 0.25) is 0 Å². The van der Waals surface area contributed by atoms with E-state index in [1.807, 2.05) is 24.3 Å². The Kier molecular flexibility index (Phi) is 7.09. The summed E-state index contributed by atoms with van der Waals surface area (Å²) in [6, 6.07) is 9.91. The molecule has 0 aliphatic carbocycles. The van der Waals surface area contributed by atoms with Crippen LogP contribution in [0.3, 0.4) is 0 Å². The molecule has 0 aromatic heterocycles. The van der Waals surface area contributed by atoms with E-state index in [2.05, 4.69) is 18.3 Å². The van der Waals surface area contributed by atoms with Gasteiger partial charge in [-0.15, -0.1) is 0 Å². The lowest BCUT2D eigenvalue weighted by Gasteiger charge is -2.04. The van der Waals surface area contributed by atoms with Gasteiger partial charge < -0.3 is 5.32 Å². The fourth-order valence-electron chi connectivity index (χ4n) is 1.78. The standard InChI is InChI=1S/C15H22N2/c1-2-3-4-5-6-11-17-13-15-9-7-14(12-16)8-10-15/h7-10,17H,2-6,11,13H2,1H3. The highest BCUT2D eigenvalue weighted by Gasteiger charge is 1.94. The largest absolute Gasteiger partial charge is 0.313 e. The first-order chi connectivity index (χ1) is 8.36. The van der Waals surface area contributed by atoms with Gasteiger partial charge in [0.15, 0.2) is 0 Å². The van der Waals surface area contributed by atoms with Crippen LogP contribution in [0.5, 0.6) is 0 Å². The van der Waals surface area contributed by atoms with E-state index in [0.717, 1.165) is 18.7 Å². The molecule has 0 aliphatic rings. The summed E-state index contributed by atoms with van der Waals surface area (Å²) in [5.41, 5.74) is 1.98. The van der Waals surface area contributed by atoms with E-state index in [1.54, 1.807) is 0 Å². The third kappa shape index (κ3) is 6.09. The molecule has 0 unspecified atom stereocenters. The van der Waals surface area contributed by atoms with Crippen LogP contribution >= 0.6 is 0 Å². The normalized spacial score (nSPS) is 10.1. The maximum atomic E-state index is 8.68. The second-order valence-electron chi connectivity index (χ2n) is 4.40. The zero-order valence-electron chi connectivity index (χ0n) is 10.7. The minimum Gasteiger partial charge on any atom is -0.313 e. The first-order valence-electron chi connectivity index (χ1n) is 6.56. The van der Waals surface area contributed by atoms with E-state index in [-0.39, 0.29) is 0 Å². The van der Waals surface area contributed by atoms with Crippen molar-refractivity contribution >= 4 is 0 Å². The lowest BCUT2D eigenvalue weighted by atomic mass is 10.1. The van der Waals surface area contributed by atoms with Gasteiger partial charge in [-0.25, -0.2) is 0 Å². The van der Waals surface area contributed by atoms with Crippen molar-refractivity contribution in [2.24, 2.45) is 0 Å². The number of unbranched alkanes of at least 4 members (excludes halogenated alkanes) is 4. The van der Waals surface area contributed by atoms with E-state index < -0.39 is 0 Å². The highest BCUT2D eigenvalue weighted by molar-refractivity contribution is 5.31. The molecule has 0 amide bonds. The Morgan fingerprint density at radius 1 is 1.06 bits per heavy atom. The molecule has 17 heavy (non-hydrogen) atoms. The van der Waals surface area contributed by atoms with Crippen molar-refractivity contribution in [1.82, 2.24) is 5.32 Å². The fourth-order valence-corrected chi connectivity index (χ4v) is 1.78. The molecule has 1 aromatic rings. The second-order valence-corrected chi connectivity index (χ2v) is 4.40. The number of rotatable bonds is 8. The first-order valence-corrected chi connectivity index (χ1v) is 6.56. The van der Waals surface area contributed by atoms with Gasteiger partial charge in [0.05, 0.1) is 11.6 Å². The number of nitrogens with one attached hydrogen (secondary N) is 1. The Bertz CT molecular complexity index is 335. The zero-order chi connectivity index (χ0) is 12.3. The molecule has 0 aliphatic heterocycles. The number of hydrogen-bond acceptors (Lipinski definition) is 2. The van der Waals surface area contributed by atoms with Gasteiger partial charge in [0, 0.05) is 6.54 Å². The van der Waals surface area contributed by atoms with Crippen LogP contribution in [0, 0.1) is 11.3 Å². The van der Waals surface area contributed by atoms with Crippen molar-refractivity contribution in [3.8, 4) is 6.07 Å². The SMILES string of the molecule is CCCCCCCNCc1ccc(C#N)cc1. The van der Waals surface area contributed by atoms with Crippen LogP contribution in [0.2, 0.25) is 0 Å². The molecule has 2 heteroatoms. The van der Waals surface area contributed by atoms with Crippen LogP contribution in [-0.4, -0.2) is 6.54 Å². The number of nitriles is 1. The van der Waals surface area contributed by atoms with E-state index >= 15 is 0 Å². The van der Waals surface area contributed by atoms with Gasteiger partial charge in [0.25, 0.3) is 0 Å². The minimum absolute atomic E-state index is 0.730. The Hall–Kier alpha value is -1.33.